The molecule has 100 valence electrons. The van der Waals surface area contributed by atoms with Gasteiger partial charge in [0.1, 0.15) is 11.9 Å². The Balaban J connectivity index is 2.09. The highest BCUT2D eigenvalue weighted by atomic mass is 19.1. The summed E-state index contributed by atoms with van der Waals surface area (Å²) in [4.78, 5) is 11.9. The summed E-state index contributed by atoms with van der Waals surface area (Å²) in [6.07, 6.45) is 0.155. The van der Waals surface area contributed by atoms with Gasteiger partial charge in [0.15, 0.2) is 0 Å². The minimum absolute atomic E-state index is 0.0932. The minimum Gasteiger partial charge on any atom is -0.399 e. The highest BCUT2D eigenvalue weighted by Crippen LogP contribution is 2.16. The van der Waals surface area contributed by atoms with Crippen LogP contribution in [0.15, 0.2) is 42.5 Å². The van der Waals surface area contributed by atoms with Crippen LogP contribution in [0.2, 0.25) is 0 Å². The van der Waals surface area contributed by atoms with E-state index >= 15 is 0 Å². The van der Waals surface area contributed by atoms with Crippen molar-refractivity contribution in [2.75, 3.05) is 11.1 Å². The quantitative estimate of drug-likeness (QED) is 0.840. The average Bonchev–Trinajstić information content (AvgIpc) is 2.43. The first-order valence-corrected chi connectivity index (χ1v) is 5.92. The molecule has 1 amide bonds. The van der Waals surface area contributed by atoms with Gasteiger partial charge in [-0.25, -0.2) is 4.39 Å². The van der Waals surface area contributed by atoms with Crippen LogP contribution < -0.4 is 11.1 Å². The number of hydrogen-bond donors (Lipinski definition) is 2. The molecule has 0 saturated carbocycles. The summed E-state index contributed by atoms with van der Waals surface area (Å²) < 4.78 is 13.0. The van der Waals surface area contributed by atoms with E-state index in [2.05, 4.69) is 5.32 Å². The molecular weight excluding hydrogens is 257 g/mol. The number of amides is 1. The van der Waals surface area contributed by atoms with Crippen LogP contribution in [-0.2, 0) is 11.2 Å². The van der Waals surface area contributed by atoms with Crippen LogP contribution in [-0.4, -0.2) is 5.91 Å². The average molecular weight is 269 g/mol. The van der Waals surface area contributed by atoms with Crippen LogP contribution in [0.3, 0.4) is 0 Å². The molecule has 20 heavy (non-hydrogen) atoms. The normalized spacial score (nSPS) is 9.80. The third kappa shape index (κ3) is 3.33. The molecule has 0 aliphatic heterocycles. The molecule has 0 fully saturated rings. The second-order valence-corrected chi connectivity index (χ2v) is 4.27. The fourth-order valence-electron chi connectivity index (χ4n) is 1.73. The number of nitrogens with zero attached hydrogens (tertiary/aromatic N) is 1. The summed E-state index contributed by atoms with van der Waals surface area (Å²) in [6.45, 7) is 0. The van der Waals surface area contributed by atoms with Crippen molar-refractivity contribution in [3.8, 4) is 6.07 Å². The van der Waals surface area contributed by atoms with Gasteiger partial charge in [-0.1, -0.05) is 12.1 Å². The molecule has 4 nitrogen and oxygen atoms in total. The van der Waals surface area contributed by atoms with Crippen LogP contribution in [0.4, 0.5) is 15.8 Å². The summed E-state index contributed by atoms with van der Waals surface area (Å²) in [6, 6.07) is 12.4. The van der Waals surface area contributed by atoms with Crippen LogP contribution >= 0.6 is 0 Å². The van der Waals surface area contributed by atoms with Gasteiger partial charge in [0.25, 0.3) is 0 Å². The molecule has 0 aromatic heterocycles. The molecular formula is C15H12FN3O. The zero-order valence-corrected chi connectivity index (χ0v) is 10.6. The predicted molar refractivity (Wildman–Crippen MR) is 74.3 cm³/mol. The molecule has 0 atom stereocenters. The monoisotopic (exact) mass is 269 g/mol. The molecule has 0 radical (unpaired) electrons. The van der Waals surface area contributed by atoms with Crippen molar-refractivity contribution in [2.45, 2.75) is 6.42 Å². The van der Waals surface area contributed by atoms with Crippen molar-refractivity contribution in [3.63, 3.8) is 0 Å². The molecule has 3 N–H and O–H groups in total. The first-order chi connectivity index (χ1) is 9.58. The number of nitrogens with two attached hydrogens (primary N) is 1. The lowest BCUT2D eigenvalue weighted by molar-refractivity contribution is -0.115. The molecule has 5 heteroatoms. The SMILES string of the molecule is N#Cc1cc(F)ccc1NC(=O)Cc1ccc(N)cc1. The van der Waals surface area contributed by atoms with Crippen molar-refractivity contribution in [2.24, 2.45) is 0 Å². The van der Waals surface area contributed by atoms with Crippen molar-refractivity contribution in [3.05, 3.63) is 59.4 Å². The summed E-state index contributed by atoms with van der Waals surface area (Å²) >= 11 is 0. The van der Waals surface area contributed by atoms with Crippen molar-refractivity contribution >= 4 is 17.3 Å². The maximum absolute atomic E-state index is 13.0. The van der Waals surface area contributed by atoms with E-state index in [4.69, 9.17) is 11.0 Å². The number of nitrogens with one attached hydrogen (secondary N) is 1. The lowest BCUT2D eigenvalue weighted by Gasteiger charge is -2.07. The van der Waals surface area contributed by atoms with Gasteiger partial charge in [-0.05, 0) is 35.9 Å². The first-order valence-electron chi connectivity index (χ1n) is 5.92. The van der Waals surface area contributed by atoms with Crippen molar-refractivity contribution < 1.29 is 9.18 Å². The molecule has 0 saturated heterocycles. The Morgan fingerprint density at radius 1 is 1.25 bits per heavy atom. The van der Waals surface area contributed by atoms with Gasteiger partial charge in [0.05, 0.1) is 17.7 Å². The molecule has 2 rings (SSSR count). The third-order valence-corrected chi connectivity index (χ3v) is 2.72. The molecule has 0 heterocycles. The highest BCUT2D eigenvalue weighted by molar-refractivity contribution is 5.93. The Bertz CT molecular complexity index is 675. The second-order valence-electron chi connectivity index (χ2n) is 4.27. The number of carbonyl (C=O) groups excluding carboxylic acids is 1. The number of benzene rings is 2. The summed E-state index contributed by atoms with van der Waals surface area (Å²) in [5.74, 6) is -0.795. The Kier molecular flexibility index (Phi) is 3.96. The van der Waals surface area contributed by atoms with Crippen LogP contribution in [0.5, 0.6) is 0 Å². The smallest absolute Gasteiger partial charge is 0.228 e. The van der Waals surface area contributed by atoms with Crippen LogP contribution in [0, 0.1) is 17.1 Å². The van der Waals surface area contributed by atoms with E-state index in [-0.39, 0.29) is 17.9 Å². The molecule has 2 aromatic rings. The number of nitriles is 1. The fourth-order valence-corrected chi connectivity index (χ4v) is 1.73. The summed E-state index contributed by atoms with van der Waals surface area (Å²) in [5, 5.41) is 11.5. The van der Waals surface area contributed by atoms with Crippen molar-refractivity contribution in [1.29, 1.82) is 5.26 Å². The molecule has 0 aliphatic carbocycles. The lowest BCUT2D eigenvalue weighted by Crippen LogP contribution is -2.15. The Hall–Kier alpha value is -2.87. The van der Waals surface area contributed by atoms with E-state index in [1.807, 2.05) is 6.07 Å². The van der Waals surface area contributed by atoms with E-state index in [0.717, 1.165) is 11.6 Å². The third-order valence-electron chi connectivity index (χ3n) is 2.72. The van der Waals surface area contributed by atoms with Gasteiger partial charge in [-0.15, -0.1) is 0 Å². The van der Waals surface area contributed by atoms with Crippen LogP contribution in [0.1, 0.15) is 11.1 Å². The number of carbonyl (C=O) groups is 1. The Morgan fingerprint density at radius 3 is 2.60 bits per heavy atom. The van der Waals surface area contributed by atoms with E-state index in [9.17, 15) is 9.18 Å². The highest BCUT2D eigenvalue weighted by Gasteiger charge is 2.08. The van der Waals surface area contributed by atoms with Gasteiger partial charge in [-0.2, -0.15) is 5.26 Å². The first kappa shape index (κ1) is 13.6. The number of nitrogen functional groups attached to an aromatic ring is 1. The predicted octanol–water partition coefficient (Wildman–Crippen LogP) is 2.46. The molecule has 0 bridgehead atoms. The number of anilines is 2. The van der Waals surface area contributed by atoms with Gasteiger partial charge in [0, 0.05) is 5.69 Å². The van der Waals surface area contributed by atoms with E-state index in [1.54, 1.807) is 24.3 Å². The molecule has 0 spiro atoms. The number of hydrogen-bond acceptors (Lipinski definition) is 3. The summed E-state index contributed by atoms with van der Waals surface area (Å²) in [5.41, 5.74) is 7.38. The lowest BCUT2D eigenvalue weighted by atomic mass is 10.1. The molecule has 0 unspecified atom stereocenters. The Labute approximate surface area is 115 Å². The van der Waals surface area contributed by atoms with Crippen molar-refractivity contribution in [1.82, 2.24) is 0 Å². The fraction of sp³-hybridized carbons (Fsp3) is 0.0667. The number of rotatable bonds is 3. The van der Waals surface area contributed by atoms with Gasteiger partial charge in [0.2, 0.25) is 5.91 Å². The van der Waals surface area contributed by atoms with E-state index in [0.29, 0.717) is 11.4 Å². The van der Waals surface area contributed by atoms with E-state index < -0.39 is 5.82 Å². The zero-order chi connectivity index (χ0) is 14.5. The van der Waals surface area contributed by atoms with Crippen LogP contribution in [0.25, 0.3) is 0 Å². The van der Waals surface area contributed by atoms with Gasteiger partial charge < -0.3 is 11.1 Å². The number of halogens is 1. The Morgan fingerprint density at radius 2 is 1.95 bits per heavy atom. The standard InChI is InChI=1S/C15H12FN3O/c16-12-3-6-14(11(8-12)9-17)19-15(20)7-10-1-4-13(18)5-2-10/h1-6,8H,7,18H2,(H,19,20). The second kappa shape index (κ2) is 5.85. The maximum Gasteiger partial charge on any atom is 0.228 e. The molecule has 2 aromatic carbocycles. The minimum atomic E-state index is -0.516. The van der Waals surface area contributed by atoms with Gasteiger partial charge >= 0.3 is 0 Å². The largest absolute Gasteiger partial charge is 0.399 e. The maximum atomic E-state index is 13.0. The molecule has 0 aliphatic rings. The zero-order valence-electron chi connectivity index (χ0n) is 10.6. The van der Waals surface area contributed by atoms with Gasteiger partial charge in [-0.3, -0.25) is 4.79 Å². The summed E-state index contributed by atoms with van der Waals surface area (Å²) in [7, 11) is 0. The topological polar surface area (TPSA) is 78.9 Å². The van der Waals surface area contributed by atoms with E-state index in [1.165, 1.54) is 12.1 Å².